The van der Waals surface area contributed by atoms with Crippen LogP contribution in [0.1, 0.15) is 6.92 Å². The summed E-state index contributed by atoms with van der Waals surface area (Å²) in [6.07, 6.45) is 0. The molecule has 1 fully saturated rings. The summed E-state index contributed by atoms with van der Waals surface area (Å²) in [7, 11) is 0. The number of nitrogens with two attached hydrogens (primary N) is 1. The molecular weight excluding hydrogens is 170 g/mol. The summed E-state index contributed by atoms with van der Waals surface area (Å²) < 4.78 is 5.20. The van der Waals surface area contributed by atoms with E-state index in [4.69, 9.17) is 10.6 Å². The van der Waals surface area contributed by atoms with Gasteiger partial charge in [0.15, 0.2) is 0 Å². The van der Waals surface area contributed by atoms with Crippen molar-refractivity contribution in [3.05, 3.63) is 0 Å². The molecule has 1 aliphatic heterocycles. The molecule has 1 atom stereocenters. The zero-order valence-electron chi connectivity index (χ0n) is 7.95. The van der Waals surface area contributed by atoms with Gasteiger partial charge in [0.25, 0.3) is 0 Å². The van der Waals surface area contributed by atoms with Crippen LogP contribution in [0.15, 0.2) is 0 Å². The molecule has 0 aromatic heterocycles. The number of rotatable bonds is 3. The first-order valence-corrected chi connectivity index (χ1v) is 4.54. The molecule has 1 heterocycles. The average molecular weight is 187 g/mol. The molecule has 1 saturated heterocycles. The Morgan fingerprint density at radius 3 is 2.77 bits per heavy atom. The van der Waals surface area contributed by atoms with Crippen LogP contribution in [0.3, 0.4) is 0 Å². The molecule has 5 nitrogen and oxygen atoms in total. The maximum atomic E-state index is 11.1. The Kier molecular flexibility index (Phi) is 4.14. The molecule has 0 radical (unpaired) electrons. The van der Waals surface area contributed by atoms with E-state index in [1.807, 2.05) is 6.92 Å². The molecule has 0 unspecified atom stereocenters. The largest absolute Gasteiger partial charge is 0.379 e. The standard InChI is InChI=1S/C8H17N3O2/c1-7(8(12)10-9)6-11-2-4-13-5-3-11/h7H,2-6,9H2,1H3,(H,10,12)/t7-/m0/s1. The maximum absolute atomic E-state index is 11.1. The molecule has 1 rings (SSSR count). The van der Waals surface area contributed by atoms with Gasteiger partial charge in [-0.05, 0) is 0 Å². The summed E-state index contributed by atoms with van der Waals surface area (Å²) in [4.78, 5) is 13.3. The number of nitrogens with zero attached hydrogens (tertiary/aromatic N) is 1. The van der Waals surface area contributed by atoms with Gasteiger partial charge < -0.3 is 4.74 Å². The lowest BCUT2D eigenvalue weighted by Crippen LogP contribution is -2.44. The summed E-state index contributed by atoms with van der Waals surface area (Å²) >= 11 is 0. The lowest BCUT2D eigenvalue weighted by atomic mass is 10.1. The summed E-state index contributed by atoms with van der Waals surface area (Å²) in [5.74, 6) is 4.88. The summed E-state index contributed by atoms with van der Waals surface area (Å²) in [5, 5.41) is 0. The Morgan fingerprint density at radius 2 is 2.23 bits per heavy atom. The molecule has 0 aromatic rings. The minimum Gasteiger partial charge on any atom is -0.379 e. The van der Waals surface area contributed by atoms with E-state index in [2.05, 4.69) is 10.3 Å². The number of hydrogen-bond donors (Lipinski definition) is 2. The summed E-state index contributed by atoms with van der Waals surface area (Å²) in [6.45, 7) is 5.96. The second kappa shape index (κ2) is 5.16. The molecule has 13 heavy (non-hydrogen) atoms. The molecule has 1 aliphatic rings. The Morgan fingerprint density at radius 1 is 1.62 bits per heavy atom. The molecule has 0 bridgehead atoms. The maximum Gasteiger partial charge on any atom is 0.237 e. The van der Waals surface area contributed by atoms with E-state index in [0.717, 1.165) is 32.8 Å². The van der Waals surface area contributed by atoms with Crippen LogP contribution in [0.4, 0.5) is 0 Å². The normalized spacial score (nSPS) is 21.1. The number of hydrogen-bond acceptors (Lipinski definition) is 4. The van der Waals surface area contributed by atoms with Gasteiger partial charge >= 0.3 is 0 Å². The predicted molar refractivity (Wildman–Crippen MR) is 48.8 cm³/mol. The van der Waals surface area contributed by atoms with Gasteiger partial charge in [0, 0.05) is 25.6 Å². The van der Waals surface area contributed by atoms with Gasteiger partial charge in [-0.1, -0.05) is 6.92 Å². The van der Waals surface area contributed by atoms with Gasteiger partial charge in [0.2, 0.25) is 5.91 Å². The molecule has 1 amide bonds. The average Bonchev–Trinajstić information content (AvgIpc) is 2.18. The fourth-order valence-electron chi connectivity index (χ4n) is 1.40. The molecule has 76 valence electrons. The van der Waals surface area contributed by atoms with E-state index in [-0.39, 0.29) is 11.8 Å². The highest BCUT2D eigenvalue weighted by Crippen LogP contribution is 2.02. The van der Waals surface area contributed by atoms with E-state index >= 15 is 0 Å². The fourth-order valence-corrected chi connectivity index (χ4v) is 1.40. The van der Waals surface area contributed by atoms with Gasteiger partial charge in [-0.15, -0.1) is 0 Å². The van der Waals surface area contributed by atoms with Crippen LogP contribution in [-0.4, -0.2) is 43.7 Å². The lowest BCUT2D eigenvalue weighted by Gasteiger charge is -2.28. The molecule has 5 heteroatoms. The number of carbonyl (C=O) groups excluding carboxylic acids is 1. The van der Waals surface area contributed by atoms with Gasteiger partial charge in [0.1, 0.15) is 0 Å². The zero-order chi connectivity index (χ0) is 9.68. The van der Waals surface area contributed by atoms with Gasteiger partial charge in [-0.2, -0.15) is 0 Å². The van der Waals surface area contributed by atoms with E-state index in [9.17, 15) is 4.79 Å². The van der Waals surface area contributed by atoms with Crippen LogP contribution >= 0.6 is 0 Å². The number of hydrazine groups is 1. The first-order chi connectivity index (χ1) is 6.24. The second-order valence-electron chi connectivity index (χ2n) is 3.32. The van der Waals surface area contributed by atoms with Crippen LogP contribution in [0.25, 0.3) is 0 Å². The third kappa shape index (κ3) is 3.30. The molecule has 0 saturated carbocycles. The smallest absolute Gasteiger partial charge is 0.237 e. The van der Waals surface area contributed by atoms with E-state index in [1.54, 1.807) is 0 Å². The number of carbonyl (C=O) groups is 1. The Hall–Kier alpha value is -0.650. The highest BCUT2D eigenvalue weighted by Gasteiger charge is 2.17. The van der Waals surface area contributed by atoms with Gasteiger partial charge in [-0.25, -0.2) is 5.84 Å². The van der Waals surface area contributed by atoms with Crippen molar-refractivity contribution in [3.8, 4) is 0 Å². The van der Waals surface area contributed by atoms with Crippen molar-refractivity contribution in [2.24, 2.45) is 11.8 Å². The first kappa shape index (κ1) is 10.4. The van der Waals surface area contributed by atoms with E-state index in [1.165, 1.54) is 0 Å². The van der Waals surface area contributed by atoms with Gasteiger partial charge in [-0.3, -0.25) is 15.1 Å². The minimum atomic E-state index is -0.105. The lowest BCUT2D eigenvalue weighted by molar-refractivity contribution is -0.125. The highest BCUT2D eigenvalue weighted by molar-refractivity contribution is 5.77. The van der Waals surface area contributed by atoms with Crippen LogP contribution in [0.5, 0.6) is 0 Å². The van der Waals surface area contributed by atoms with Crippen LogP contribution < -0.4 is 11.3 Å². The van der Waals surface area contributed by atoms with Crippen molar-refractivity contribution in [1.29, 1.82) is 0 Å². The Labute approximate surface area is 78.2 Å². The van der Waals surface area contributed by atoms with Crippen molar-refractivity contribution in [3.63, 3.8) is 0 Å². The monoisotopic (exact) mass is 187 g/mol. The first-order valence-electron chi connectivity index (χ1n) is 4.54. The third-order valence-electron chi connectivity index (χ3n) is 2.23. The summed E-state index contributed by atoms with van der Waals surface area (Å²) in [5.41, 5.74) is 2.16. The Bertz CT molecular complexity index is 169. The molecule has 0 spiro atoms. The zero-order valence-corrected chi connectivity index (χ0v) is 7.95. The van der Waals surface area contributed by atoms with Crippen molar-refractivity contribution >= 4 is 5.91 Å². The number of amides is 1. The SMILES string of the molecule is C[C@@H](CN1CCOCC1)C(=O)NN. The molecule has 0 aliphatic carbocycles. The van der Waals surface area contributed by atoms with Gasteiger partial charge in [0.05, 0.1) is 13.2 Å². The summed E-state index contributed by atoms with van der Waals surface area (Å²) in [6, 6.07) is 0. The van der Waals surface area contributed by atoms with Crippen LogP contribution in [0, 0.1) is 5.92 Å². The Balaban J connectivity index is 2.25. The van der Waals surface area contributed by atoms with Crippen molar-refractivity contribution in [2.45, 2.75) is 6.92 Å². The number of morpholine rings is 1. The van der Waals surface area contributed by atoms with E-state index in [0.29, 0.717) is 0 Å². The highest BCUT2D eigenvalue weighted by atomic mass is 16.5. The van der Waals surface area contributed by atoms with E-state index < -0.39 is 0 Å². The minimum absolute atomic E-state index is 0.0527. The van der Waals surface area contributed by atoms with Crippen LogP contribution in [-0.2, 0) is 9.53 Å². The van der Waals surface area contributed by atoms with Crippen molar-refractivity contribution in [2.75, 3.05) is 32.8 Å². The van der Waals surface area contributed by atoms with Crippen molar-refractivity contribution in [1.82, 2.24) is 10.3 Å². The quantitative estimate of drug-likeness (QED) is 0.336. The molecule has 3 N–H and O–H groups in total. The third-order valence-corrected chi connectivity index (χ3v) is 2.23. The molecule has 0 aromatic carbocycles. The second-order valence-corrected chi connectivity index (χ2v) is 3.32. The molecular formula is C8H17N3O2. The predicted octanol–water partition coefficient (Wildman–Crippen LogP) is -1.06. The number of nitrogens with one attached hydrogen (secondary N) is 1. The fraction of sp³-hybridized carbons (Fsp3) is 0.875. The van der Waals surface area contributed by atoms with Crippen LogP contribution in [0.2, 0.25) is 0 Å². The number of ether oxygens (including phenoxy) is 1. The van der Waals surface area contributed by atoms with Crippen molar-refractivity contribution < 1.29 is 9.53 Å². The topological polar surface area (TPSA) is 67.6 Å².